The zero-order valence-electron chi connectivity index (χ0n) is 34.4. The fourth-order valence-corrected chi connectivity index (χ4v) is 10.2. The molecule has 3 heterocycles. The van der Waals surface area contributed by atoms with Crippen molar-refractivity contribution in [2.75, 3.05) is 0 Å². The Labute approximate surface area is 365 Å². The van der Waals surface area contributed by atoms with Gasteiger partial charge >= 0.3 is 0 Å². The molecule has 0 bridgehead atoms. The largest absolute Gasteiger partial charge is 0.379 e. The predicted molar refractivity (Wildman–Crippen MR) is 226 cm³/mol. The molecule has 0 N–H and O–H groups in total. The Morgan fingerprint density at radius 3 is 2.19 bits per heavy atom. The van der Waals surface area contributed by atoms with Crippen molar-refractivity contribution in [2.45, 2.75) is 116 Å². The number of hydrogen-bond donors (Lipinski definition) is 0. The van der Waals surface area contributed by atoms with E-state index in [0.717, 1.165) is 40.9 Å². The molecule has 0 unspecified atom stereocenters. The fraction of sp³-hybridized carbons (Fsp3) is 0.392. The van der Waals surface area contributed by atoms with Crippen LogP contribution in [-0.4, -0.2) is 19.4 Å². The summed E-state index contributed by atoms with van der Waals surface area (Å²) in [7, 11) is 0. The number of rotatable bonds is 15. The molecule has 6 aromatic rings. The number of unbranched alkanes of at least 4 members (excludes halogenated alkanes) is 3. The van der Waals surface area contributed by atoms with E-state index >= 15 is 0 Å². The summed E-state index contributed by atoms with van der Waals surface area (Å²) < 4.78 is 5.00. The molecule has 59 heavy (non-hydrogen) atoms. The average Bonchev–Trinajstić information content (AvgIpc) is 4.10. The van der Waals surface area contributed by atoms with Gasteiger partial charge in [0.1, 0.15) is 6.20 Å². The molecular weight excluding hydrogens is 906 g/mol. The number of aromatic nitrogens is 5. The van der Waals surface area contributed by atoms with Gasteiger partial charge in [0.05, 0.1) is 29.2 Å². The van der Waals surface area contributed by atoms with Crippen molar-refractivity contribution in [2.24, 2.45) is 10.8 Å². The quantitative estimate of drug-likeness (QED) is 0.0446. The van der Waals surface area contributed by atoms with Gasteiger partial charge in [-0.1, -0.05) is 154 Å². The van der Waals surface area contributed by atoms with Gasteiger partial charge in [0.25, 0.3) is 0 Å². The van der Waals surface area contributed by atoms with E-state index in [9.17, 15) is 5.26 Å². The van der Waals surface area contributed by atoms with Gasteiger partial charge in [0, 0.05) is 31.4 Å². The normalized spacial score (nSPS) is 15.7. The maximum Gasteiger partial charge on any atom is 0.218 e. The first-order valence-corrected chi connectivity index (χ1v) is 21.3. The third-order valence-electron chi connectivity index (χ3n) is 13.0. The molecule has 3 aromatic heterocycles. The van der Waals surface area contributed by atoms with Gasteiger partial charge in [-0.05, 0) is 73.0 Å². The molecule has 2 fully saturated rings. The number of pyridine rings is 1. The summed E-state index contributed by atoms with van der Waals surface area (Å²) in [5, 5.41) is 14.5. The van der Waals surface area contributed by atoms with Crippen molar-refractivity contribution in [3.05, 3.63) is 173 Å². The van der Waals surface area contributed by atoms with Gasteiger partial charge in [-0.15, -0.1) is 6.07 Å². The maximum absolute atomic E-state index is 9.82. The number of hydrogen-bond acceptors (Lipinski definition) is 3. The second kappa shape index (κ2) is 18.4. The molecule has 304 valence electrons. The fourth-order valence-electron chi connectivity index (χ4n) is 10.2. The van der Waals surface area contributed by atoms with Gasteiger partial charge in [0.15, 0.2) is 0 Å². The molecule has 0 atom stereocenters. The van der Waals surface area contributed by atoms with E-state index < -0.39 is 5.41 Å². The van der Waals surface area contributed by atoms with Gasteiger partial charge < -0.3 is 9.25 Å². The van der Waals surface area contributed by atoms with E-state index in [4.69, 9.17) is 11.6 Å². The van der Waals surface area contributed by atoms with Crippen molar-refractivity contribution in [3.8, 4) is 17.6 Å². The summed E-state index contributed by atoms with van der Waals surface area (Å²) in [5.74, 6) is 0.649. The molecule has 2 aliphatic rings. The molecule has 2 saturated carbocycles. The summed E-state index contributed by atoms with van der Waals surface area (Å²) in [6.45, 7) is 12.4. The molecule has 0 aliphatic heterocycles. The minimum absolute atomic E-state index is 0. The van der Waals surface area contributed by atoms with Crippen LogP contribution in [0.4, 0.5) is 0 Å². The first kappa shape index (κ1) is 42.0. The van der Waals surface area contributed by atoms with Crippen molar-refractivity contribution in [3.63, 3.8) is 0 Å². The second-order valence-electron chi connectivity index (χ2n) is 17.3. The molecule has 7 nitrogen and oxygen atoms in total. The molecule has 0 radical (unpaired) electrons. The molecule has 0 amide bonds. The summed E-state index contributed by atoms with van der Waals surface area (Å²) in [4.78, 5) is 9.22. The number of nitrogens with zero attached hydrogens (tertiary/aromatic N) is 7. The van der Waals surface area contributed by atoms with Crippen LogP contribution in [0.15, 0.2) is 104 Å². The zero-order valence-corrected chi connectivity index (χ0v) is 36.6. The number of imidazole rings is 1. The van der Waals surface area contributed by atoms with Crippen LogP contribution in [0.3, 0.4) is 0 Å². The average molecular weight is 959 g/mol. The van der Waals surface area contributed by atoms with Crippen molar-refractivity contribution < 1.29 is 25.6 Å². The summed E-state index contributed by atoms with van der Waals surface area (Å²) in [5.41, 5.74) is 7.11. The minimum Gasteiger partial charge on any atom is -0.379 e. The molecular formula is C51H53N7Pt-2. The Kier molecular flexibility index (Phi) is 13.1. The Bertz CT molecular complexity index is 2360. The third-order valence-corrected chi connectivity index (χ3v) is 13.0. The van der Waals surface area contributed by atoms with Gasteiger partial charge in [0.2, 0.25) is 6.33 Å². The van der Waals surface area contributed by atoms with E-state index in [1.807, 2.05) is 4.57 Å². The summed E-state index contributed by atoms with van der Waals surface area (Å²) >= 11 is 0. The zero-order chi connectivity index (χ0) is 40.0. The van der Waals surface area contributed by atoms with Gasteiger partial charge in [-0.3, -0.25) is 4.98 Å². The molecule has 0 spiro atoms. The SMILES string of the molecule is [C-]#[N+]n1c[c-][n+](-c2[c-]c(C(c3ccccc3)(c3ccccc3)c3cc(CC4(CCCCCC)CCCC4)cc(-n4[c-]cc(C#N)n4)n3)cc(CC3(C)CCCC3)c2)c1.[Pt]. The smallest absolute Gasteiger partial charge is 0.218 e. The summed E-state index contributed by atoms with van der Waals surface area (Å²) in [6.07, 6.45) is 28.0. The summed E-state index contributed by atoms with van der Waals surface area (Å²) in [6, 6.07) is 38.4. The Morgan fingerprint density at radius 1 is 0.881 bits per heavy atom. The van der Waals surface area contributed by atoms with Crippen LogP contribution in [0.5, 0.6) is 0 Å². The predicted octanol–water partition coefficient (Wildman–Crippen LogP) is 10.9. The second-order valence-corrected chi connectivity index (χ2v) is 17.3. The van der Waals surface area contributed by atoms with E-state index in [-0.39, 0.29) is 31.9 Å². The van der Waals surface area contributed by atoms with Crippen LogP contribution in [0.2, 0.25) is 0 Å². The molecule has 8 rings (SSSR count). The molecule has 2 aliphatic carbocycles. The number of nitriles is 1. The monoisotopic (exact) mass is 958 g/mol. The minimum atomic E-state index is -0.910. The molecule has 3 aromatic carbocycles. The van der Waals surface area contributed by atoms with Crippen LogP contribution < -0.4 is 4.57 Å². The van der Waals surface area contributed by atoms with Gasteiger partial charge in [-0.25, -0.2) is 10.4 Å². The van der Waals surface area contributed by atoms with E-state index in [2.05, 4.69) is 133 Å². The van der Waals surface area contributed by atoms with Crippen molar-refractivity contribution in [1.82, 2.24) is 19.4 Å². The molecule has 0 saturated heterocycles. The van der Waals surface area contributed by atoms with Crippen LogP contribution in [0.25, 0.3) is 16.5 Å². The maximum atomic E-state index is 9.82. The van der Waals surface area contributed by atoms with Crippen molar-refractivity contribution in [1.29, 1.82) is 5.26 Å². The standard InChI is InChI=1S/C51H53N7.Pt/c1-4-5-6-13-25-50(26-16-17-27-50)37-41-33-47(54-48(34-41)58-28-22-45(38-52)55-58)51(42-18-9-7-10-19-42,43-20-11-8-12-21-43)44-31-40(36-49(2)23-14-15-24-49)32-46(35-44)56-29-30-57(39-56)53-3;/h7-12,18-22,30-34,39H,4-6,13-17,23-27,36-37H2,1-2H3;/q-2;. The third kappa shape index (κ3) is 8.93. The van der Waals surface area contributed by atoms with E-state index in [0.29, 0.717) is 11.5 Å². The van der Waals surface area contributed by atoms with Crippen LogP contribution in [0, 0.1) is 47.2 Å². The van der Waals surface area contributed by atoms with Crippen LogP contribution >= 0.6 is 0 Å². The first-order valence-electron chi connectivity index (χ1n) is 21.3. The van der Waals surface area contributed by atoms with E-state index in [1.54, 1.807) is 23.3 Å². The molecule has 8 heteroatoms. The Morgan fingerprint density at radius 2 is 1.56 bits per heavy atom. The Balaban J connectivity index is 0.00000528. The van der Waals surface area contributed by atoms with Crippen LogP contribution in [-0.2, 0) is 39.3 Å². The number of benzene rings is 3. The first-order chi connectivity index (χ1) is 28.3. The van der Waals surface area contributed by atoms with Gasteiger partial charge in [-0.2, -0.15) is 35.9 Å². The topological polar surface area (TPSA) is 67.7 Å². The van der Waals surface area contributed by atoms with E-state index in [1.165, 1.54) is 99.3 Å². The van der Waals surface area contributed by atoms with Crippen molar-refractivity contribution >= 4 is 0 Å². The van der Waals surface area contributed by atoms with Crippen LogP contribution in [0.1, 0.15) is 137 Å². The Hall–Kier alpha value is -5.10.